The number of aryl methyl sites for hydroxylation is 3. The van der Waals surface area contributed by atoms with Gasteiger partial charge in [0.1, 0.15) is 12.2 Å². The number of nitrogens with zero attached hydrogens (tertiary/aromatic N) is 4. The molecule has 0 aliphatic carbocycles. The van der Waals surface area contributed by atoms with E-state index in [0.717, 1.165) is 32.0 Å². The summed E-state index contributed by atoms with van der Waals surface area (Å²) in [5.74, 6) is 1.03. The second kappa shape index (κ2) is 5.58. The molecule has 1 aliphatic rings. The van der Waals surface area contributed by atoms with Crippen LogP contribution in [0.15, 0.2) is 18.5 Å². The van der Waals surface area contributed by atoms with E-state index in [-0.39, 0.29) is 6.04 Å². The van der Waals surface area contributed by atoms with Gasteiger partial charge in [0.05, 0.1) is 6.54 Å². The minimum absolute atomic E-state index is 0.0417. The van der Waals surface area contributed by atoms with E-state index in [9.17, 15) is 0 Å². The minimum atomic E-state index is 0.0417. The SMILES string of the molecule is Cc1cc(C)c(C(N)CN2CCn3cnnc3C2)c(C)c1. The minimum Gasteiger partial charge on any atom is -0.323 e. The maximum Gasteiger partial charge on any atom is 0.147 e. The Balaban J connectivity index is 1.74. The summed E-state index contributed by atoms with van der Waals surface area (Å²) in [6.07, 6.45) is 1.81. The zero-order chi connectivity index (χ0) is 15.0. The van der Waals surface area contributed by atoms with E-state index < -0.39 is 0 Å². The van der Waals surface area contributed by atoms with E-state index >= 15 is 0 Å². The molecule has 21 heavy (non-hydrogen) atoms. The van der Waals surface area contributed by atoms with Crippen LogP contribution in [0.1, 0.15) is 34.1 Å². The van der Waals surface area contributed by atoms with Crippen LogP contribution in [-0.2, 0) is 13.1 Å². The Bertz CT molecular complexity index is 623. The Kier molecular flexibility index (Phi) is 3.78. The lowest BCUT2D eigenvalue weighted by Crippen LogP contribution is -2.38. The Morgan fingerprint density at radius 1 is 1.19 bits per heavy atom. The largest absolute Gasteiger partial charge is 0.323 e. The molecule has 0 saturated carbocycles. The molecule has 3 rings (SSSR count). The Morgan fingerprint density at radius 2 is 1.90 bits per heavy atom. The van der Waals surface area contributed by atoms with Crippen LogP contribution in [0.25, 0.3) is 0 Å². The highest BCUT2D eigenvalue weighted by Crippen LogP contribution is 2.23. The fourth-order valence-electron chi connectivity index (χ4n) is 3.42. The molecule has 1 atom stereocenters. The highest BCUT2D eigenvalue weighted by molar-refractivity contribution is 5.39. The zero-order valence-corrected chi connectivity index (χ0v) is 13.0. The highest BCUT2D eigenvalue weighted by atomic mass is 15.3. The Labute approximate surface area is 125 Å². The third kappa shape index (κ3) is 2.84. The van der Waals surface area contributed by atoms with Gasteiger partial charge in [0.25, 0.3) is 0 Å². The number of rotatable bonds is 3. The van der Waals surface area contributed by atoms with Crippen LogP contribution >= 0.6 is 0 Å². The predicted octanol–water partition coefficient (Wildman–Crippen LogP) is 1.72. The zero-order valence-electron chi connectivity index (χ0n) is 13.0. The van der Waals surface area contributed by atoms with Gasteiger partial charge in [0, 0.05) is 25.7 Å². The second-order valence-electron chi connectivity index (χ2n) is 6.09. The molecule has 2 heterocycles. The average Bonchev–Trinajstić information content (AvgIpc) is 2.84. The van der Waals surface area contributed by atoms with Crippen LogP contribution in [0, 0.1) is 20.8 Å². The van der Waals surface area contributed by atoms with Gasteiger partial charge in [-0.25, -0.2) is 0 Å². The van der Waals surface area contributed by atoms with Crippen LogP contribution in [0.4, 0.5) is 0 Å². The average molecular weight is 285 g/mol. The van der Waals surface area contributed by atoms with E-state index in [1.807, 2.05) is 0 Å². The van der Waals surface area contributed by atoms with E-state index in [1.165, 1.54) is 22.3 Å². The molecular weight excluding hydrogens is 262 g/mol. The van der Waals surface area contributed by atoms with Crippen molar-refractivity contribution >= 4 is 0 Å². The topological polar surface area (TPSA) is 60.0 Å². The van der Waals surface area contributed by atoms with Crippen molar-refractivity contribution in [3.8, 4) is 0 Å². The first-order valence-electron chi connectivity index (χ1n) is 7.47. The number of hydrogen-bond acceptors (Lipinski definition) is 4. The van der Waals surface area contributed by atoms with Gasteiger partial charge in [-0.2, -0.15) is 0 Å². The normalized spacial score (nSPS) is 16.8. The summed E-state index contributed by atoms with van der Waals surface area (Å²) in [6.45, 7) is 10.1. The molecule has 0 fully saturated rings. The van der Waals surface area contributed by atoms with Crippen molar-refractivity contribution in [2.75, 3.05) is 13.1 Å². The maximum atomic E-state index is 6.49. The summed E-state index contributed by atoms with van der Waals surface area (Å²) in [5, 5.41) is 8.13. The summed E-state index contributed by atoms with van der Waals surface area (Å²) in [4.78, 5) is 2.37. The molecule has 2 aromatic rings. The van der Waals surface area contributed by atoms with Crippen LogP contribution in [0.2, 0.25) is 0 Å². The molecule has 1 aliphatic heterocycles. The summed E-state index contributed by atoms with van der Waals surface area (Å²) in [5.41, 5.74) is 11.7. The van der Waals surface area contributed by atoms with Gasteiger partial charge < -0.3 is 10.3 Å². The van der Waals surface area contributed by atoms with Gasteiger partial charge >= 0.3 is 0 Å². The summed E-state index contributed by atoms with van der Waals surface area (Å²) >= 11 is 0. The summed E-state index contributed by atoms with van der Waals surface area (Å²) < 4.78 is 2.12. The monoisotopic (exact) mass is 285 g/mol. The molecule has 1 aromatic heterocycles. The molecule has 1 aromatic carbocycles. The van der Waals surface area contributed by atoms with Crippen molar-refractivity contribution in [1.82, 2.24) is 19.7 Å². The van der Waals surface area contributed by atoms with Crippen LogP contribution < -0.4 is 5.73 Å². The van der Waals surface area contributed by atoms with Crippen LogP contribution in [-0.4, -0.2) is 32.8 Å². The lowest BCUT2D eigenvalue weighted by atomic mass is 9.94. The standard InChI is InChI=1S/C16H23N5/c1-11-6-12(2)16(13(3)7-11)14(17)8-20-4-5-21-10-18-19-15(21)9-20/h6-7,10,14H,4-5,8-9,17H2,1-3H3. The smallest absolute Gasteiger partial charge is 0.147 e. The molecule has 112 valence electrons. The van der Waals surface area contributed by atoms with Gasteiger partial charge in [-0.05, 0) is 37.5 Å². The van der Waals surface area contributed by atoms with E-state index in [0.29, 0.717) is 0 Å². The van der Waals surface area contributed by atoms with E-state index in [4.69, 9.17) is 5.73 Å². The van der Waals surface area contributed by atoms with Crippen molar-refractivity contribution in [3.05, 3.63) is 46.5 Å². The van der Waals surface area contributed by atoms with E-state index in [2.05, 4.69) is 52.6 Å². The quantitative estimate of drug-likeness (QED) is 0.933. The lowest BCUT2D eigenvalue weighted by molar-refractivity contribution is 0.204. The van der Waals surface area contributed by atoms with Crippen molar-refractivity contribution in [1.29, 1.82) is 0 Å². The predicted molar refractivity (Wildman–Crippen MR) is 82.9 cm³/mol. The molecule has 0 bridgehead atoms. The Hall–Kier alpha value is -1.72. The molecule has 0 amide bonds. The first-order chi connectivity index (χ1) is 10.0. The molecule has 0 spiro atoms. The number of fused-ring (bicyclic) bond motifs is 1. The first-order valence-corrected chi connectivity index (χ1v) is 7.47. The van der Waals surface area contributed by atoms with Gasteiger partial charge in [-0.1, -0.05) is 17.7 Å². The van der Waals surface area contributed by atoms with Crippen molar-refractivity contribution in [2.24, 2.45) is 5.73 Å². The fraction of sp³-hybridized carbons (Fsp3) is 0.500. The molecule has 5 nitrogen and oxygen atoms in total. The van der Waals surface area contributed by atoms with Crippen molar-refractivity contribution < 1.29 is 0 Å². The van der Waals surface area contributed by atoms with Gasteiger partial charge in [0.15, 0.2) is 0 Å². The van der Waals surface area contributed by atoms with Gasteiger partial charge in [-0.3, -0.25) is 4.90 Å². The molecular formula is C16H23N5. The molecule has 1 unspecified atom stereocenters. The molecule has 5 heteroatoms. The first kappa shape index (κ1) is 14.2. The molecule has 2 N–H and O–H groups in total. The number of aromatic nitrogens is 3. The third-order valence-corrected chi connectivity index (χ3v) is 4.28. The van der Waals surface area contributed by atoms with Gasteiger partial charge in [-0.15, -0.1) is 10.2 Å². The second-order valence-corrected chi connectivity index (χ2v) is 6.09. The van der Waals surface area contributed by atoms with E-state index in [1.54, 1.807) is 6.33 Å². The third-order valence-electron chi connectivity index (χ3n) is 4.28. The number of hydrogen-bond donors (Lipinski definition) is 1. The van der Waals surface area contributed by atoms with Crippen molar-refractivity contribution in [2.45, 2.75) is 39.9 Å². The highest BCUT2D eigenvalue weighted by Gasteiger charge is 2.21. The maximum absolute atomic E-state index is 6.49. The van der Waals surface area contributed by atoms with Gasteiger partial charge in [0.2, 0.25) is 0 Å². The summed E-state index contributed by atoms with van der Waals surface area (Å²) in [6, 6.07) is 4.48. The molecule has 0 radical (unpaired) electrons. The van der Waals surface area contributed by atoms with Crippen molar-refractivity contribution in [3.63, 3.8) is 0 Å². The Morgan fingerprint density at radius 3 is 2.62 bits per heavy atom. The van der Waals surface area contributed by atoms with Crippen LogP contribution in [0.5, 0.6) is 0 Å². The lowest BCUT2D eigenvalue weighted by Gasteiger charge is -2.30. The fourth-order valence-corrected chi connectivity index (χ4v) is 3.42. The van der Waals surface area contributed by atoms with Crippen LogP contribution in [0.3, 0.4) is 0 Å². The number of benzene rings is 1. The molecule has 0 saturated heterocycles. The number of nitrogens with two attached hydrogens (primary N) is 1. The summed E-state index contributed by atoms with van der Waals surface area (Å²) in [7, 11) is 0.